The van der Waals surface area contributed by atoms with Crippen LogP contribution in [0.3, 0.4) is 0 Å². The molecule has 0 aliphatic carbocycles. The number of hydrogen-bond donors (Lipinski definition) is 3. The van der Waals surface area contributed by atoms with Gasteiger partial charge in [-0.3, -0.25) is 9.59 Å². The Morgan fingerprint density at radius 3 is 2.71 bits per heavy atom. The fourth-order valence-electron chi connectivity index (χ4n) is 4.49. The van der Waals surface area contributed by atoms with Crippen LogP contribution in [0.1, 0.15) is 32.1 Å². The van der Waals surface area contributed by atoms with Crippen LogP contribution < -0.4 is 16.3 Å². The molecule has 16 heteroatoms. The number of nitrogens with one attached hydrogen (secondary N) is 2. The fraction of sp³-hybridized carbons (Fsp3) is 0.0690. The van der Waals surface area contributed by atoms with Gasteiger partial charge in [-0.2, -0.15) is 5.10 Å². The van der Waals surface area contributed by atoms with Gasteiger partial charge in [0.25, 0.3) is 11.8 Å². The zero-order valence-electron chi connectivity index (χ0n) is 23.0. The second-order valence-corrected chi connectivity index (χ2v) is 11.3. The van der Waals surface area contributed by atoms with E-state index in [-0.39, 0.29) is 56.4 Å². The Bertz CT molecular complexity index is 2200. The second-order valence-electron chi connectivity index (χ2n) is 9.65. The highest BCUT2D eigenvalue weighted by molar-refractivity contribution is 9.10. The third-order valence-electron chi connectivity index (χ3n) is 6.55. The van der Waals surface area contributed by atoms with Crippen LogP contribution in [0.4, 0.5) is 5.69 Å². The standard InChI is InChI=1S/C29H19BrCl2N8O5/c1-14-7-16(31)9-19(25(14)35-28(43)21-11-24(30)37-40(21)26-20(32)3-2-6-33-26)27(42)34-12-17-13-39(38-36-17)22-8-15-4-5-18(41)10-23(15)45-29(22)44/h2-11,13,41H,12H2,1H3,(H,34,42)(H,35,43). The summed E-state index contributed by atoms with van der Waals surface area (Å²) in [6, 6.07) is 13.7. The number of phenols is 1. The summed E-state index contributed by atoms with van der Waals surface area (Å²) in [6.45, 7) is 1.63. The summed E-state index contributed by atoms with van der Waals surface area (Å²) in [4.78, 5) is 43.7. The van der Waals surface area contributed by atoms with E-state index in [4.69, 9.17) is 27.6 Å². The van der Waals surface area contributed by atoms with Gasteiger partial charge in [-0.05, 0) is 70.9 Å². The van der Waals surface area contributed by atoms with Crippen LogP contribution in [-0.4, -0.2) is 46.7 Å². The number of carbonyl (C=O) groups is 2. The highest BCUT2D eigenvalue weighted by Gasteiger charge is 2.23. The van der Waals surface area contributed by atoms with E-state index in [0.29, 0.717) is 21.2 Å². The topological polar surface area (TPSA) is 170 Å². The van der Waals surface area contributed by atoms with Crippen LogP contribution in [0, 0.1) is 6.92 Å². The lowest BCUT2D eigenvalue weighted by Crippen LogP contribution is -2.26. The summed E-state index contributed by atoms with van der Waals surface area (Å²) in [5.41, 5.74) is 0.904. The van der Waals surface area contributed by atoms with Gasteiger partial charge in [-0.25, -0.2) is 19.1 Å². The Hall–Kier alpha value is -5.05. The number of nitrogens with zero attached hydrogens (tertiary/aromatic N) is 6. The monoisotopic (exact) mass is 708 g/mol. The molecule has 0 aliphatic rings. The van der Waals surface area contributed by atoms with Gasteiger partial charge >= 0.3 is 5.63 Å². The van der Waals surface area contributed by atoms with Crippen molar-refractivity contribution in [3.63, 3.8) is 0 Å². The van der Waals surface area contributed by atoms with Crippen molar-refractivity contribution in [2.45, 2.75) is 13.5 Å². The first-order valence-corrected chi connectivity index (χ1v) is 14.6. The van der Waals surface area contributed by atoms with Crippen molar-refractivity contribution in [1.29, 1.82) is 0 Å². The van der Waals surface area contributed by atoms with Crippen molar-refractivity contribution in [2.24, 2.45) is 0 Å². The maximum Gasteiger partial charge on any atom is 0.362 e. The molecule has 0 atom stereocenters. The van der Waals surface area contributed by atoms with Crippen molar-refractivity contribution < 1.29 is 19.1 Å². The highest BCUT2D eigenvalue weighted by Crippen LogP contribution is 2.28. The molecule has 4 aromatic heterocycles. The molecule has 3 N–H and O–H groups in total. The smallest absolute Gasteiger partial charge is 0.362 e. The molecule has 0 aliphatic heterocycles. The van der Waals surface area contributed by atoms with Crippen LogP contribution in [0.25, 0.3) is 22.5 Å². The molecule has 0 spiro atoms. The molecule has 226 valence electrons. The second kappa shape index (κ2) is 12.1. The van der Waals surface area contributed by atoms with E-state index in [1.807, 2.05) is 0 Å². The van der Waals surface area contributed by atoms with Gasteiger partial charge in [0, 0.05) is 28.7 Å². The lowest BCUT2D eigenvalue weighted by Gasteiger charge is -2.15. The minimum atomic E-state index is -0.693. The molecule has 4 heterocycles. The first-order valence-electron chi connectivity index (χ1n) is 13.0. The molecular formula is C29H19BrCl2N8O5. The number of aromatic nitrogens is 6. The molecule has 0 saturated heterocycles. The number of benzene rings is 2. The van der Waals surface area contributed by atoms with Gasteiger partial charge in [0.05, 0.1) is 29.0 Å². The Kier molecular flexibility index (Phi) is 8.10. The zero-order valence-corrected chi connectivity index (χ0v) is 26.1. The van der Waals surface area contributed by atoms with Crippen molar-refractivity contribution in [3.8, 4) is 17.3 Å². The molecule has 0 radical (unpaired) electrons. The van der Waals surface area contributed by atoms with E-state index in [0.717, 1.165) is 0 Å². The summed E-state index contributed by atoms with van der Waals surface area (Å²) in [5, 5.41) is 28.6. The van der Waals surface area contributed by atoms with Crippen LogP contribution in [0.5, 0.6) is 5.75 Å². The number of rotatable bonds is 7. The van der Waals surface area contributed by atoms with Crippen molar-refractivity contribution in [2.75, 3.05) is 5.32 Å². The third-order valence-corrected chi connectivity index (χ3v) is 7.45. The number of carbonyl (C=O) groups excluding carboxylic acids is 2. The Labute approximate surface area is 271 Å². The predicted molar refractivity (Wildman–Crippen MR) is 168 cm³/mol. The van der Waals surface area contributed by atoms with Gasteiger partial charge in [-0.15, -0.1) is 5.10 Å². The van der Waals surface area contributed by atoms with Gasteiger partial charge in [0.1, 0.15) is 27.3 Å². The molecule has 0 unspecified atom stereocenters. The van der Waals surface area contributed by atoms with Gasteiger partial charge < -0.3 is 20.2 Å². The van der Waals surface area contributed by atoms with E-state index in [1.54, 1.807) is 37.3 Å². The number of phenolic OH excluding ortho intramolecular Hbond substituents is 1. The maximum absolute atomic E-state index is 13.5. The number of aryl methyl sites for hydroxylation is 1. The number of pyridine rings is 1. The summed E-state index contributed by atoms with van der Waals surface area (Å²) >= 11 is 15.9. The molecule has 13 nitrogen and oxygen atoms in total. The van der Waals surface area contributed by atoms with Gasteiger partial charge in [0.2, 0.25) is 0 Å². The predicted octanol–water partition coefficient (Wildman–Crippen LogP) is 5.22. The van der Waals surface area contributed by atoms with Crippen LogP contribution >= 0.6 is 39.1 Å². The van der Waals surface area contributed by atoms with Crippen LogP contribution in [0.2, 0.25) is 10.0 Å². The number of anilines is 1. The van der Waals surface area contributed by atoms with Crippen LogP contribution in [-0.2, 0) is 6.54 Å². The van der Waals surface area contributed by atoms with Crippen molar-refractivity contribution in [3.05, 3.63) is 115 Å². The van der Waals surface area contributed by atoms with E-state index in [1.165, 1.54) is 46.0 Å². The average Bonchev–Trinajstić information content (AvgIpc) is 3.63. The number of aromatic hydroxyl groups is 1. The summed E-state index contributed by atoms with van der Waals surface area (Å²) < 4.78 is 8.18. The average molecular weight is 710 g/mol. The van der Waals surface area contributed by atoms with Crippen LogP contribution in [0.15, 0.2) is 80.8 Å². The van der Waals surface area contributed by atoms with Gasteiger partial charge in [-0.1, -0.05) is 28.4 Å². The first-order chi connectivity index (χ1) is 21.6. The van der Waals surface area contributed by atoms with E-state index < -0.39 is 17.4 Å². The Morgan fingerprint density at radius 1 is 1.09 bits per heavy atom. The van der Waals surface area contributed by atoms with Crippen molar-refractivity contribution in [1.82, 2.24) is 35.1 Å². The number of halogens is 3. The normalized spacial score (nSPS) is 11.1. The SMILES string of the molecule is Cc1cc(Cl)cc(C(=O)NCc2cn(-c3cc4ccc(O)cc4oc3=O)nn2)c1NC(=O)c1cc(Br)nn1-c1ncccc1Cl. The lowest BCUT2D eigenvalue weighted by molar-refractivity contribution is 0.0951. The molecule has 2 amide bonds. The summed E-state index contributed by atoms with van der Waals surface area (Å²) in [5.74, 6) is -0.932. The Balaban J connectivity index is 1.23. The molecule has 0 saturated carbocycles. The quantitative estimate of drug-likeness (QED) is 0.188. The maximum atomic E-state index is 13.5. The molecule has 0 fully saturated rings. The zero-order chi connectivity index (χ0) is 31.8. The molecule has 6 aromatic rings. The minimum absolute atomic E-state index is 0.0381. The van der Waals surface area contributed by atoms with E-state index in [2.05, 4.69) is 47.0 Å². The fourth-order valence-corrected chi connectivity index (χ4v) is 5.34. The molecule has 6 rings (SSSR count). The van der Waals surface area contributed by atoms with Gasteiger partial charge in [0.15, 0.2) is 11.5 Å². The highest BCUT2D eigenvalue weighted by atomic mass is 79.9. The lowest BCUT2D eigenvalue weighted by atomic mass is 10.1. The molecular weight excluding hydrogens is 691 g/mol. The molecule has 0 bridgehead atoms. The summed E-state index contributed by atoms with van der Waals surface area (Å²) in [7, 11) is 0. The number of hydrogen-bond acceptors (Lipinski definition) is 9. The van der Waals surface area contributed by atoms with Crippen molar-refractivity contribution >= 4 is 67.6 Å². The molecule has 45 heavy (non-hydrogen) atoms. The molecule has 2 aromatic carbocycles. The third kappa shape index (κ3) is 6.16. The van der Waals surface area contributed by atoms with E-state index in [9.17, 15) is 19.5 Å². The Morgan fingerprint density at radius 2 is 1.91 bits per heavy atom. The number of amides is 2. The number of fused-ring (bicyclic) bond motifs is 1. The minimum Gasteiger partial charge on any atom is -0.508 e. The van der Waals surface area contributed by atoms with E-state index >= 15 is 0 Å². The largest absolute Gasteiger partial charge is 0.508 e. The first kappa shape index (κ1) is 30.0. The summed E-state index contributed by atoms with van der Waals surface area (Å²) in [6.07, 6.45) is 2.98.